The standard InChI is InChI=1S/C22H26N2O11/c1-8-14-9-23(20(29)24(18(14)28)21(30)35-22(5,6)7)19-17(33-13(4)27)16(32-12(3)26)15(34-19)10-31-11(2)25/h1,9,15-17,19H,10H2,2-7H3/t15-,16-,17+,19-/m1/s1. The zero-order valence-corrected chi connectivity index (χ0v) is 20.1. The van der Waals surface area contributed by atoms with Gasteiger partial charge in [0.05, 0.1) is 0 Å². The number of nitrogens with zero attached hydrogens (tertiary/aromatic N) is 2. The number of rotatable bonds is 5. The summed E-state index contributed by atoms with van der Waals surface area (Å²) in [4.78, 5) is 73.4. The summed E-state index contributed by atoms with van der Waals surface area (Å²) >= 11 is 0. The molecule has 35 heavy (non-hydrogen) atoms. The van der Waals surface area contributed by atoms with Crippen LogP contribution in [0, 0.1) is 12.3 Å². The van der Waals surface area contributed by atoms with Crippen LogP contribution >= 0.6 is 0 Å². The molecule has 1 aliphatic rings. The van der Waals surface area contributed by atoms with Crippen LogP contribution in [0.1, 0.15) is 53.3 Å². The van der Waals surface area contributed by atoms with Gasteiger partial charge in [-0.2, -0.15) is 4.57 Å². The molecule has 0 unspecified atom stereocenters. The van der Waals surface area contributed by atoms with Gasteiger partial charge in [-0.25, -0.2) is 9.59 Å². The molecule has 2 heterocycles. The van der Waals surface area contributed by atoms with Crippen molar-refractivity contribution in [3.63, 3.8) is 0 Å². The minimum absolute atomic E-state index is 0.175. The highest BCUT2D eigenvalue weighted by Crippen LogP contribution is 2.33. The van der Waals surface area contributed by atoms with E-state index in [1.807, 2.05) is 0 Å². The van der Waals surface area contributed by atoms with E-state index < -0.39 is 77.6 Å². The van der Waals surface area contributed by atoms with Crippen molar-refractivity contribution in [2.24, 2.45) is 0 Å². The molecule has 13 nitrogen and oxygen atoms in total. The molecule has 1 aromatic rings. The Hall–Kier alpha value is -3.92. The van der Waals surface area contributed by atoms with E-state index in [-0.39, 0.29) is 4.57 Å². The fourth-order valence-corrected chi connectivity index (χ4v) is 3.24. The number of carbonyl (C=O) groups excluding carboxylic acids is 4. The smallest absolute Gasteiger partial charge is 0.425 e. The van der Waals surface area contributed by atoms with Crippen LogP contribution in [-0.4, -0.2) is 63.7 Å². The Morgan fingerprint density at radius 2 is 1.60 bits per heavy atom. The van der Waals surface area contributed by atoms with E-state index in [9.17, 15) is 28.8 Å². The molecule has 0 bridgehead atoms. The van der Waals surface area contributed by atoms with Crippen LogP contribution in [0.4, 0.5) is 4.79 Å². The summed E-state index contributed by atoms with van der Waals surface area (Å²) in [6.45, 7) is 7.45. The van der Waals surface area contributed by atoms with Gasteiger partial charge in [-0.15, -0.1) is 6.42 Å². The molecule has 13 heteroatoms. The van der Waals surface area contributed by atoms with Gasteiger partial charge in [0.1, 0.15) is 23.9 Å². The quantitative estimate of drug-likeness (QED) is 0.310. The van der Waals surface area contributed by atoms with Gasteiger partial charge in [0, 0.05) is 27.0 Å². The van der Waals surface area contributed by atoms with Crippen molar-refractivity contribution in [1.29, 1.82) is 0 Å². The SMILES string of the molecule is C#Cc1cn([C@@H]2O[C@H](COC(C)=O)[C@@H](OC(C)=O)[C@@H]2OC(C)=O)c(=O)n(C(=O)OC(C)(C)C)c1=O. The predicted octanol–water partition coefficient (Wildman–Crippen LogP) is 0.0984. The van der Waals surface area contributed by atoms with Crippen molar-refractivity contribution in [1.82, 2.24) is 9.13 Å². The summed E-state index contributed by atoms with van der Waals surface area (Å²) in [5.41, 5.74) is -3.80. The van der Waals surface area contributed by atoms with Crippen molar-refractivity contribution in [2.45, 2.75) is 71.7 Å². The lowest BCUT2D eigenvalue weighted by Gasteiger charge is -2.24. The minimum atomic E-state index is -1.53. The van der Waals surface area contributed by atoms with Crippen LogP contribution in [0.3, 0.4) is 0 Å². The highest BCUT2D eigenvalue weighted by Gasteiger charge is 2.51. The molecule has 0 amide bonds. The molecule has 0 saturated carbocycles. The molecule has 2 rings (SSSR count). The number of hydrogen-bond donors (Lipinski definition) is 0. The topological polar surface area (TPSA) is 158 Å². The first-order valence-electron chi connectivity index (χ1n) is 10.4. The lowest BCUT2D eigenvalue weighted by Crippen LogP contribution is -2.49. The second-order valence-corrected chi connectivity index (χ2v) is 8.51. The van der Waals surface area contributed by atoms with E-state index in [1.165, 1.54) is 20.8 Å². The van der Waals surface area contributed by atoms with Gasteiger partial charge in [-0.1, -0.05) is 5.92 Å². The average Bonchev–Trinajstić information content (AvgIpc) is 3.01. The molecule has 1 saturated heterocycles. The first-order chi connectivity index (χ1) is 16.2. The van der Waals surface area contributed by atoms with E-state index in [1.54, 1.807) is 0 Å². The lowest BCUT2D eigenvalue weighted by atomic mass is 10.1. The van der Waals surface area contributed by atoms with Gasteiger partial charge in [-0.3, -0.25) is 23.7 Å². The molecular weight excluding hydrogens is 468 g/mol. The molecule has 0 aromatic carbocycles. The Morgan fingerprint density at radius 3 is 2.09 bits per heavy atom. The monoisotopic (exact) mass is 494 g/mol. The van der Waals surface area contributed by atoms with Crippen LogP contribution in [0.15, 0.2) is 15.8 Å². The maximum absolute atomic E-state index is 13.2. The van der Waals surface area contributed by atoms with Crippen LogP contribution < -0.4 is 11.2 Å². The van der Waals surface area contributed by atoms with Crippen LogP contribution in [0.2, 0.25) is 0 Å². The average molecular weight is 494 g/mol. The third-order valence-corrected chi connectivity index (χ3v) is 4.46. The fraction of sp³-hybridized carbons (Fsp3) is 0.545. The predicted molar refractivity (Wildman–Crippen MR) is 116 cm³/mol. The molecular formula is C22H26N2O11. The molecule has 0 spiro atoms. The van der Waals surface area contributed by atoms with Gasteiger partial charge in [-0.05, 0) is 20.8 Å². The highest BCUT2D eigenvalue weighted by atomic mass is 16.7. The first-order valence-corrected chi connectivity index (χ1v) is 10.4. The Kier molecular flexibility index (Phi) is 8.24. The summed E-state index contributed by atoms with van der Waals surface area (Å²) in [6, 6.07) is 0. The van der Waals surface area contributed by atoms with Gasteiger partial charge in [0.25, 0.3) is 5.56 Å². The van der Waals surface area contributed by atoms with Crippen molar-refractivity contribution < 1.29 is 42.9 Å². The van der Waals surface area contributed by atoms with E-state index in [0.717, 1.165) is 31.5 Å². The molecule has 0 radical (unpaired) electrons. The summed E-state index contributed by atoms with van der Waals surface area (Å²) in [7, 11) is 0. The third kappa shape index (κ3) is 6.57. The first kappa shape index (κ1) is 27.3. The third-order valence-electron chi connectivity index (χ3n) is 4.46. The van der Waals surface area contributed by atoms with Crippen LogP contribution in [0.5, 0.6) is 0 Å². The number of terminal acetylenes is 1. The van der Waals surface area contributed by atoms with E-state index in [4.69, 9.17) is 30.1 Å². The highest BCUT2D eigenvalue weighted by molar-refractivity contribution is 5.71. The normalized spacial score (nSPS) is 21.5. The zero-order valence-electron chi connectivity index (χ0n) is 20.1. The number of ether oxygens (including phenoxy) is 5. The number of esters is 3. The van der Waals surface area contributed by atoms with Crippen molar-refractivity contribution in [3.05, 3.63) is 32.6 Å². The molecule has 190 valence electrons. The molecule has 1 aromatic heterocycles. The van der Waals surface area contributed by atoms with Crippen molar-refractivity contribution in [3.8, 4) is 12.3 Å². The number of carbonyl (C=O) groups is 4. The molecule has 1 fully saturated rings. The van der Waals surface area contributed by atoms with Gasteiger partial charge in [0.2, 0.25) is 0 Å². The molecule has 4 atom stereocenters. The van der Waals surface area contributed by atoms with Gasteiger partial charge in [0.15, 0.2) is 18.4 Å². The molecule has 1 aliphatic heterocycles. The minimum Gasteiger partial charge on any atom is -0.463 e. The van der Waals surface area contributed by atoms with Gasteiger partial charge < -0.3 is 23.7 Å². The largest absolute Gasteiger partial charge is 0.463 e. The maximum atomic E-state index is 13.2. The number of aromatic nitrogens is 2. The Bertz CT molecular complexity index is 1180. The number of hydrogen-bond acceptors (Lipinski definition) is 11. The Labute approximate surface area is 199 Å². The lowest BCUT2D eigenvalue weighted by molar-refractivity contribution is -0.166. The van der Waals surface area contributed by atoms with Gasteiger partial charge >= 0.3 is 29.7 Å². The van der Waals surface area contributed by atoms with Crippen molar-refractivity contribution >= 4 is 24.0 Å². The zero-order chi connectivity index (χ0) is 26.7. The maximum Gasteiger partial charge on any atom is 0.425 e. The summed E-state index contributed by atoms with van der Waals surface area (Å²) in [6.07, 6.45) is -0.430. The second-order valence-electron chi connectivity index (χ2n) is 8.51. The summed E-state index contributed by atoms with van der Waals surface area (Å²) < 4.78 is 27.3. The summed E-state index contributed by atoms with van der Waals surface area (Å²) in [5.74, 6) is -0.195. The van der Waals surface area contributed by atoms with E-state index >= 15 is 0 Å². The fourth-order valence-electron chi connectivity index (χ4n) is 3.24. The van der Waals surface area contributed by atoms with E-state index in [0.29, 0.717) is 0 Å². The van der Waals surface area contributed by atoms with Crippen molar-refractivity contribution in [2.75, 3.05) is 6.61 Å². The summed E-state index contributed by atoms with van der Waals surface area (Å²) in [5, 5.41) is 0. The Morgan fingerprint density at radius 1 is 1.03 bits per heavy atom. The van der Waals surface area contributed by atoms with Crippen LogP contribution in [0.25, 0.3) is 0 Å². The molecule has 0 N–H and O–H groups in total. The van der Waals surface area contributed by atoms with E-state index in [2.05, 4.69) is 5.92 Å². The second kappa shape index (κ2) is 10.6. The Balaban J connectivity index is 2.70. The molecule has 0 aliphatic carbocycles. The van der Waals surface area contributed by atoms with Crippen LogP contribution in [-0.2, 0) is 38.1 Å².